The number of imidazole rings is 1. The van der Waals surface area contributed by atoms with Gasteiger partial charge >= 0.3 is 0 Å². The summed E-state index contributed by atoms with van der Waals surface area (Å²) in [4.78, 5) is 10.4. The van der Waals surface area contributed by atoms with Crippen molar-refractivity contribution in [2.24, 2.45) is 11.8 Å². The van der Waals surface area contributed by atoms with Crippen molar-refractivity contribution in [3.8, 4) is 0 Å². The van der Waals surface area contributed by atoms with Gasteiger partial charge in [-0.25, -0.2) is 4.98 Å². The number of aliphatic hydroxyl groups is 1. The fourth-order valence-electron chi connectivity index (χ4n) is 5.62. The van der Waals surface area contributed by atoms with Gasteiger partial charge in [0, 0.05) is 18.9 Å². The molecule has 0 radical (unpaired) electrons. The van der Waals surface area contributed by atoms with Crippen LogP contribution in [-0.2, 0) is 6.42 Å². The normalized spacial score (nSPS) is 24.9. The number of nitrogens with one attached hydrogen (secondary N) is 1. The maximum atomic E-state index is 11.5. The topological polar surface area (TPSA) is 52.2 Å². The maximum Gasteiger partial charge on any atom is 0.107 e. The van der Waals surface area contributed by atoms with Crippen LogP contribution in [0.15, 0.2) is 54.6 Å². The van der Waals surface area contributed by atoms with Crippen molar-refractivity contribution < 1.29 is 5.11 Å². The number of allylic oxidation sites excluding steroid dienone is 1. The van der Waals surface area contributed by atoms with E-state index in [1.165, 1.54) is 17.6 Å². The zero-order chi connectivity index (χ0) is 22.1. The number of fused-ring (bicyclic) bond motifs is 3. The minimum Gasteiger partial charge on any atom is -0.389 e. The van der Waals surface area contributed by atoms with Crippen molar-refractivity contribution in [1.82, 2.24) is 14.9 Å². The highest BCUT2D eigenvalue weighted by Gasteiger charge is 2.46. The summed E-state index contributed by atoms with van der Waals surface area (Å²) in [6.07, 6.45) is 8.33. The number of halogens is 1. The first-order chi connectivity index (χ1) is 15.5. The summed E-state index contributed by atoms with van der Waals surface area (Å²) in [7, 11) is 2.16. The van der Waals surface area contributed by atoms with E-state index >= 15 is 0 Å². The third-order valence-corrected chi connectivity index (χ3v) is 7.74. The van der Waals surface area contributed by atoms with Gasteiger partial charge in [0.1, 0.15) is 11.3 Å². The molecule has 0 amide bonds. The van der Waals surface area contributed by atoms with E-state index in [1.54, 1.807) is 0 Å². The lowest BCUT2D eigenvalue weighted by atomic mass is 9.61. The Kier molecular flexibility index (Phi) is 6.11. The molecule has 1 saturated carbocycles. The lowest BCUT2D eigenvalue weighted by Crippen LogP contribution is -2.48. The van der Waals surface area contributed by atoms with Crippen LogP contribution >= 0.6 is 11.6 Å². The summed E-state index contributed by atoms with van der Waals surface area (Å²) < 4.78 is 0. The molecule has 1 fully saturated rings. The van der Waals surface area contributed by atoms with Gasteiger partial charge in [-0.05, 0) is 74.9 Å². The van der Waals surface area contributed by atoms with Gasteiger partial charge in [-0.2, -0.15) is 0 Å². The third kappa shape index (κ3) is 4.36. The smallest absolute Gasteiger partial charge is 0.107 e. The molecule has 1 aromatic heterocycles. The van der Waals surface area contributed by atoms with Gasteiger partial charge in [0.05, 0.1) is 16.1 Å². The highest BCUT2D eigenvalue weighted by molar-refractivity contribution is 6.34. The molecule has 32 heavy (non-hydrogen) atoms. The zero-order valence-electron chi connectivity index (χ0n) is 18.7. The SMILES string of the molecule is CN(CCCc1nc2c(Cl)cccc2[nH]1)CC[C@]1(O)C[C@H]2CC[C@H]1C=C2c1ccccc1. The Morgan fingerprint density at radius 2 is 1.97 bits per heavy atom. The van der Waals surface area contributed by atoms with Crippen molar-refractivity contribution >= 4 is 28.2 Å². The van der Waals surface area contributed by atoms with Crippen molar-refractivity contribution in [3.05, 3.63) is 71.0 Å². The molecular formula is C27H32ClN3O. The average Bonchev–Trinajstić information content (AvgIpc) is 3.23. The van der Waals surface area contributed by atoms with Gasteiger partial charge < -0.3 is 15.0 Å². The minimum absolute atomic E-state index is 0.274. The third-order valence-electron chi connectivity index (χ3n) is 7.44. The van der Waals surface area contributed by atoms with Crippen LogP contribution in [0.1, 0.15) is 43.5 Å². The summed E-state index contributed by atoms with van der Waals surface area (Å²) in [5.74, 6) is 1.75. The van der Waals surface area contributed by atoms with E-state index in [1.807, 2.05) is 18.2 Å². The summed E-state index contributed by atoms with van der Waals surface area (Å²) in [6.45, 7) is 1.90. The predicted molar refractivity (Wildman–Crippen MR) is 132 cm³/mol. The van der Waals surface area contributed by atoms with E-state index in [2.05, 4.69) is 58.3 Å². The molecule has 6 rings (SSSR count). The molecule has 2 N–H and O–H groups in total. The van der Waals surface area contributed by atoms with Gasteiger partial charge in [0.15, 0.2) is 0 Å². The van der Waals surface area contributed by atoms with Crippen LogP contribution in [0.25, 0.3) is 16.6 Å². The predicted octanol–water partition coefficient (Wildman–Crippen LogP) is 5.72. The summed E-state index contributed by atoms with van der Waals surface area (Å²) in [5, 5.41) is 12.2. The fraction of sp³-hybridized carbons (Fsp3) is 0.444. The van der Waals surface area contributed by atoms with Gasteiger partial charge in [-0.3, -0.25) is 0 Å². The van der Waals surface area contributed by atoms with E-state index in [0.29, 0.717) is 10.9 Å². The summed E-state index contributed by atoms with van der Waals surface area (Å²) in [6, 6.07) is 16.5. The fourth-order valence-corrected chi connectivity index (χ4v) is 5.83. The number of benzene rings is 2. The number of nitrogens with zero attached hydrogens (tertiary/aromatic N) is 2. The average molecular weight is 450 g/mol. The molecule has 0 unspecified atom stereocenters. The standard InChI is InChI=1S/C27H32ClN3O/c1-31(15-6-11-25-29-24-10-5-9-23(28)26(24)30-25)16-14-27(32)18-20-12-13-21(27)17-22(20)19-7-3-2-4-8-19/h2-5,7-10,17,20-21,32H,6,11-16,18H2,1H3,(H,29,30)/t20-,21+,27+/m1/s1. The van der Waals surface area contributed by atoms with Gasteiger partial charge in [0.25, 0.3) is 0 Å². The van der Waals surface area contributed by atoms with Gasteiger partial charge in [-0.15, -0.1) is 0 Å². The molecule has 2 bridgehead atoms. The monoisotopic (exact) mass is 449 g/mol. The van der Waals surface area contributed by atoms with Crippen molar-refractivity contribution in [2.75, 3.05) is 20.1 Å². The van der Waals surface area contributed by atoms with Crippen LogP contribution in [0.2, 0.25) is 5.02 Å². The van der Waals surface area contributed by atoms with Crippen LogP contribution in [0, 0.1) is 11.8 Å². The Balaban J connectivity index is 1.13. The maximum absolute atomic E-state index is 11.5. The second-order valence-electron chi connectivity index (χ2n) is 9.65. The number of aromatic amines is 1. The van der Waals surface area contributed by atoms with Crippen LogP contribution in [0.3, 0.4) is 0 Å². The first kappa shape index (κ1) is 21.7. The first-order valence-electron chi connectivity index (χ1n) is 11.8. The number of hydrogen-bond donors (Lipinski definition) is 2. The number of para-hydroxylation sites is 1. The Labute approximate surface area is 195 Å². The van der Waals surface area contributed by atoms with Crippen LogP contribution in [-0.4, -0.2) is 45.7 Å². The van der Waals surface area contributed by atoms with E-state index < -0.39 is 5.60 Å². The van der Waals surface area contributed by atoms with E-state index in [9.17, 15) is 5.11 Å². The van der Waals surface area contributed by atoms with Gasteiger partial charge in [0.2, 0.25) is 0 Å². The molecule has 3 aliphatic rings. The molecule has 1 heterocycles. The largest absolute Gasteiger partial charge is 0.389 e. The Morgan fingerprint density at radius 1 is 1.12 bits per heavy atom. The molecule has 3 aromatic rings. The molecule has 4 nitrogen and oxygen atoms in total. The molecule has 0 aliphatic heterocycles. The number of H-pyrrole nitrogens is 1. The Hall–Kier alpha value is -2.14. The molecular weight excluding hydrogens is 418 g/mol. The quantitative estimate of drug-likeness (QED) is 0.462. The molecule has 5 heteroatoms. The zero-order valence-corrected chi connectivity index (χ0v) is 19.5. The number of rotatable bonds is 8. The van der Waals surface area contributed by atoms with Crippen molar-refractivity contribution in [1.29, 1.82) is 0 Å². The number of aryl methyl sites for hydroxylation is 1. The summed E-state index contributed by atoms with van der Waals surface area (Å²) >= 11 is 6.24. The first-order valence-corrected chi connectivity index (χ1v) is 12.2. The van der Waals surface area contributed by atoms with Crippen molar-refractivity contribution in [3.63, 3.8) is 0 Å². The molecule has 0 saturated heterocycles. The minimum atomic E-state index is -0.565. The highest BCUT2D eigenvalue weighted by Crippen LogP contribution is 2.51. The molecule has 2 aromatic carbocycles. The number of aromatic nitrogens is 2. The molecule has 168 valence electrons. The highest BCUT2D eigenvalue weighted by atomic mass is 35.5. The van der Waals surface area contributed by atoms with E-state index in [4.69, 9.17) is 11.6 Å². The van der Waals surface area contributed by atoms with Crippen LogP contribution < -0.4 is 0 Å². The lowest BCUT2D eigenvalue weighted by molar-refractivity contribution is -0.0574. The lowest BCUT2D eigenvalue weighted by Gasteiger charge is -2.48. The molecule has 0 spiro atoms. The molecule has 3 aliphatic carbocycles. The second-order valence-corrected chi connectivity index (χ2v) is 10.1. The second kappa shape index (κ2) is 9.01. The number of hydrogen-bond acceptors (Lipinski definition) is 3. The van der Waals surface area contributed by atoms with E-state index in [0.717, 1.165) is 62.1 Å². The summed E-state index contributed by atoms with van der Waals surface area (Å²) in [5.41, 5.74) is 4.07. The van der Waals surface area contributed by atoms with E-state index in [-0.39, 0.29) is 5.92 Å². The van der Waals surface area contributed by atoms with Crippen LogP contribution in [0.5, 0.6) is 0 Å². The van der Waals surface area contributed by atoms with Crippen molar-refractivity contribution in [2.45, 2.75) is 44.1 Å². The molecule has 3 atom stereocenters. The van der Waals surface area contributed by atoms with Gasteiger partial charge in [-0.1, -0.05) is 54.1 Å². The Bertz CT molecular complexity index is 1110. The Morgan fingerprint density at radius 3 is 2.72 bits per heavy atom. The van der Waals surface area contributed by atoms with Crippen LogP contribution in [0.4, 0.5) is 0 Å².